The van der Waals surface area contributed by atoms with Crippen molar-refractivity contribution in [3.05, 3.63) is 64.8 Å². The lowest BCUT2D eigenvalue weighted by Gasteiger charge is -2.18. The average Bonchev–Trinajstić information content (AvgIpc) is 2.42. The predicted molar refractivity (Wildman–Crippen MR) is 75.3 cm³/mol. The molecular formula is C15H10FNOS. The number of carbonyl (C=O) groups is 1. The Hall–Kier alpha value is -2.07. The lowest BCUT2D eigenvalue weighted by atomic mass is 10.2. The van der Waals surface area contributed by atoms with Crippen molar-refractivity contribution in [1.82, 2.24) is 0 Å². The van der Waals surface area contributed by atoms with E-state index in [4.69, 9.17) is 0 Å². The van der Waals surface area contributed by atoms with Crippen molar-refractivity contribution in [3.63, 3.8) is 0 Å². The van der Waals surface area contributed by atoms with E-state index in [-0.39, 0.29) is 11.7 Å². The van der Waals surface area contributed by atoms with Crippen molar-refractivity contribution in [1.29, 1.82) is 0 Å². The zero-order valence-corrected chi connectivity index (χ0v) is 10.7. The van der Waals surface area contributed by atoms with Crippen LogP contribution in [0.15, 0.2) is 58.3 Å². The van der Waals surface area contributed by atoms with E-state index in [2.05, 4.69) is 5.32 Å². The first-order valence-electron chi connectivity index (χ1n) is 5.78. The highest BCUT2D eigenvalue weighted by Gasteiger charge is 2.20. The van der Waals surface area contributed by atoms with Crippen LogP contribution in [0.1, 0.15) is 5.56 Å². The van der Waals surface area contributed by atoms with Gasteiger partial charge in [-0.15, -0.1) is 0 Å². The van der Waals surface area contributed by atoms with Gasteiger partial charge in [-0.2, -0.15) is 0 Å². The third-order valence-corrected chi connectivity index (χ3v) is 3.87. The normalized spacial score (nSPS) is 16.1. The smallest absolute Gasteiger partial charge is 0.262 e. The summed E-state index contributed by atoms with van der Waals surface area (Å²) < 4.78 is 13.6. The molecule has 0 atom stereocenters. The fraction of sp³-hybridized carbons (Fsp3) is 0. The molecule has 0 saturated carbocycles. The maximum Gasteiger partial charge on any atom is 0.262 e. The Labute approximate surface area is 114 Å². The number of thioether (sulfide) groups is 1. The molecule has 4 heteroatoms. The lowest BCUT2D eigenvalue weighted by molar-refractivity contribution is -0.112. The van der Waals surface area contributed by atoms with Crippen LogP contribution in [0.4, 0.5) is 10.1 Å². The van der Waals surface area contributed by atoms with Crippen LogP contribution in [0.5, 0.6) is 0 Å². The van der Waals surface area contributed by atoms with E-state index in [0.29, 0.717) is 10.5 Å². The first kappa shape index (κ1) is 12.0. The average molecular weight is 271 g/mol. The van der Waals surface area contributed by atoms with Gasteiger partial charge in [0.1, 0.15) is 5.82 Å². The number of halogens is 1. The summed E-state index contributed by atoms with van der Waals surface area (Å²) in [6.07, 6.45) is 1.57. The molecule has 0 saturated heterocycles. The zero-order chi connectivity index (χ0) is 13.2. The SMILES string of the molecule is O=C1Nc2ccccc2SC1=Cc1ccccc1F. The Bertz CT molecular complexity index is 681. The Kier molecular flexibility index (Phi) is 3.09. The van der Waals surface area contributed by atoms with E-state index in [1.54, 1.807) is 24.3 Å². The van der Waals surface area contributed by atoms with Gasteiger partial charge in [-0.25, -0.2) is 4.39 Å². The van der Waals surface area contributed by atoms with Crippen molar-refractivity contribution in [2.45, 2.75) is 4.90 Å². The molecule has 1 amide bonds. The minimum Gasteiger partial charge on any atom is -0.320 e. The molecule has 1 aliphatic heterocycles. The number of rotatable bonds is 1. The van der Waals surface area contributed by atoms with Crippen molar-refractivity contribution in [2.24, 2.45) is 0 Å². The first-order valence-corrected chi connectivity index (χ1v) is 6.60. The minimum atomic E-state index is -0.331. The highest BCUT2D eigenvalue weighted by atomic mass is 32.2. The van der Waals surface area contributed by atoms with E-state index in [0.717, 1.165) is 10.6 Å². The molecule has 0 aliphatic carbocycles. The number of anilines is 1. The summed E-state index contributed by atoms with van der Waals surface area (Å²) >= 11 is 1.35. The van der Waals surface area contributed by atoms with Gasteiger partial charge in [-0.05, 0) is 24.3 Å². The fourth-order valence-electron chi connectivity index (χ4n) is 1.84. The molecule has 1 heterocycles. The Balaban J connectivity index is 1.99. The van der Waals surface area contributed by atoms with Crippen molar-refractivity contribution < 1.29 is 9.18 Å². The lowest BCUT2D eigenvalue weighted by Crippen LogP contribution is -2.17. The third kappa shape index (κ3) is 2.39. The number of carbonyl (C=O) groups excluding carboxylic acids is 1. The van der Waals surface area contributed by atoms with Gasteiger partial charge in [0.05, 0.1) is 10.6 Å². The molecule has 19 heavy (non-hydrogen) atoms. The van der Waals surface area contributed by atoms with Gasteiger partial charge in [-0.1, -0.05) is 42.1 Å². The van der Waals surface area contributed by atoms with E-state index < -0.39 is 0 Å². The molecular weight excluding hydrogens is 261 g/mol. The summed E-state index contributed by atoms with van der Waals surface area (Å²) in [4.78, 5) is 13.4. The van der Waals surface area contributed by atoms with E-state index >= 15 is 0 Å². The summed E-state index contributed by atoms with van der Waals surface area (Å²) in [5, 5.41) is 2.80. The molecule has 1 aliphatic rings. The van der Waals surface area contributed by atoms with Gasteiger partial charge in [-0.3, -0.25) is 4.79 Å². The first-order chi connectivity index (χ1) is 9.24. The second-order valence-electron chi connectivity index (χ2n) is 4.08. The maximum absolute atomic E-state index is 13.6. The van der Waals surface area contributed by atoms with E-state index in [1.165, 1.54) is 17.8 Å². The van der Waals surface area contributed by atoms with Crippen LogP contribution in [-0.4, -0.2) is 5.91 Å². The molecule has 1 N–H and O–H groups in total. The summed E-state index contributed by atoms with van der Waals surface area (Å²) in [7, 11) is 0. The summed E-state index contributed by atoms with van der Waals surface area (Å²) in [6, 6.07) is 13.9. The number of amides is 1. The molecule has 0 radical (unpaired) electrons. The predicted octanol–water partition coefficient (Wildman–Crippen LogP) is 3.91. The van der Waals surface area contributed by atoms with Crippen LogP contribution in [0, 0.1) is 5.82 Å². The largest absolute Gasteiger partial charge is 0.320 e. The van der Waals surface area contributed by atoms with E-state index in [1.807, 2.05) is 24.3 Å². The molecule has 2 aromatic rings. The monoisotopic (exact) mass is 271 g/mol. The third-order valence-electron chi connectivity index (χ3n) is 2.77. The highest BCUT2D eigenvalue weighted by Crippen LogP contribution is 2.38. The molecule has 2 aromatic carbocycles. The summed E-state index contributed by atoms with van der Waals surface area (Å²) in [5.41, 5.74) is 1.21. The maximum atomic E-state index is 13.6. The molecule has 2 nitrogen and oxygen atoms in total. The topological polar surface area (TPSA) is 29.1 Å². The number of hydrogen-bond acceptors (Lipinski definition) is 2. The number of fused-ring (bicyclic) bond motifs is 1. The molecule has 3 rings (SSSR count). The number of hydrogen-bond donors (Lipinski definition) is 1. The summed E-state index contributed by atoms with van der Waals surface area (Å²) in [6.45, 7) is 0. The van der Waals surface area contributed by atoms with Crippen LogP contribution in [-0.2, 0) is 4.79 Å². The number of para-hydroxylation sites is 1. The second-order valence-corrected chi connectivity index (χ2v) is 5.17. The zero-order valence-electron chi connectivity index (χ0n) is 9.89. The second kappa shape index (κ2) is 4.90. The van der Waals surface area contributed by atoms with Crippen LogP contribution >= 0.6 is 11.8 Å². The Morgan fingerprint density at radius 3 is 2.63 bits per heavy atom. The highest BCUT2D eigenvalue weighted by molar-refractivity contribution is 8.04. The van der Waals surface area contributed by atoms with Crippen LogP contribution < -0.4 is 5.32 Å². The fourth-order valence-corrected chi connectivity index (χ4v) is 2.78. The molecule has 94 valence electrons. The standard InChI is InChI=1S/C15H10FNOS/c16-11-6-2-1-5-10(11)9-14-15(18)17-12-7-3-4-8-13(12)19-14/h1-9H,(H,17,18). The quantitative estimate of drug-likeness (QED) is 0.797. The molecule has 0 spiro atoms. The van der Waals surface area contributed by atoms with Gasteiger partial charge in [0.2, 0.25) is 0 Å². The number of nitrogens with one attached hydrogen (secondary N) is 1. The van der Waals surface area contributed by atoms with Gasteiger partial charge in [0, 0.05) is 10.5 Å². The van der Waals surface area contributed by atoms with Crippen molar-refractivity contribution in [2.75, 3.05) is 5.32 Å². The van der Waals surface area contributed by atoms with Gasteiger partial charge >= 0.3 is 0 Å². The molecule has 0 bridgehead atoms. The van der Waals surface area contributed by atoms with Gasteiger partial charge < -0.3 is 5.32 Å². The molecule has 0 aromatic heterocycles. The van der Waals surface area contributed by atoms with Gasteiger partial charge in [0.25, 0.3) is 5.91 Å². The number of benzene rings is 2. The van der Waals surface area contributed by atoms with Crippen LogP contribution in [0.3, 0.4) is 0 Å². The summed E-state index contributed by atoms with van der Waals surface area (Å²) in [5.74, 6) is -0.533. The Morgan fingerprint density at radius 1 is 1.05 bits per heavy atom. The van der Waals surface area contributed by atoms with Crippen LogP contribution in [0.2, 0.25) is 0 Å². The Morgan fingerprint density at radius 2 is 1.79 bits per heavy atom. The minimum absolute atomic E-state index is 0.202. The molecule has 0 fully saturated rings. The van der Waals surface area contributed by atoms with Crippen molar-refractivity contribution in [3.8, 4) is 0 Å². The van der Waals surface area contributed by atoms with Gasteiger partial charge in [0.15, 0.2) is 0 Å². The van der Waals surface area contributed by atoms with Crippen molar-refractivity contribution >= 4 is 29.4 Å². The molecule has 0 unspecified atom stereocenters. The van der Waals surface area contributed by atoms with Crippen LogP contribution in [0.25, 0.3) is 6.08 Å². The van der Waals surface area contributed by atoms with E-state index in [9.17, 15) is 9.18 Å².